The van der Waals surface area contributed by atoms with E-state index in [1.807, 2.05) is 11.3 Å². The average Bonchev–Trinajstić information content (AvgIpc) is 3.57. The van der Waals surface area contributed by atoms with Crippen LogP contribution in [0.5, 0.6) is 0 Å². The number of thiophene rings is 1. The van der Waals surface area contributed by atoms with Crippen molar-refractivity contribution in [3.63, 3.8) is 0 Å². The molecular weight excluding hydrogens is 635 g/mol. The van der Waals surface area contributed by atoms with Gasteiger partial charge in [0, 0.05) is 53.9 Å². The summed E-state index contributed by atoms with van der Waals surface area (Å²) in [5.74, 6) is 0. The van der Waals surface area contributed by atoms with Gasteiger partial charge >= 0.3 is 6.85 Å². The van der Waals surface area contributed by atoms with Crippen molar-refractivity contribution >= 4 is 72.0 Å². The Morgan fingerprint density at radius 2 is 1.39 bits per heavy atom. The Morgan fingerprint density at radius 1 is 0.686 bits per heavy atom. The number of hydrogen-bond donors (Lipinski definition) is 0. The van der Waals surface area contributed by atoms with Crippen LogP contribution in [-0.4, -0.2) is 12.4 Å². The van der Waals surface area contributed by atoms with E-state index in [4.69, 9.17) is 0 Å². The Morgan fingerprint density at radius 3 is 2.16 bits per heavy atom. The van der Waals surface area contributed by atoms with E-state index in [1.165, 1.54) is 107 Å². The first kappa shape index (κ1) is 31.7. The van der Waals surface area contributed by atoms with E-state index in [9.17, 15) is 0 Å². The van der Waals surface area contributed by atoms with Gasteiger partial charge in [-0.05, 0) is 101 Å². The molecule has 4 aliphatic rings. The van der Waals surface area contributed by atoms with Gasteiger partial charge in [0.2, 0.25) is 0 Å². The molecule has 0 radical (unpaired) electrons. The first-order valence-corrected chi connectivity index (χ1v) is 20.0. The topological polar surface area (TPSA) is 6.48 Å². The highest BCUT2D eigenvalue weighted by molar-refractivity contribution is 7.26. The van der Waals surface area contributed by atoms with Crippen molar-refractivity contribution < 1.29 is 0 Å². The molecule has 10 rings (SSSR count). The van der Waals surface area contributed by atoms with Crippen LogP contribution in [-0.2, 0) is 16.2 Å². The van der Waals surface area contributed by atoms with E-state index in [0.29, 0.717) is 0 Å². The molecule has 1 fully saturated rings. The van der Waals surface area contributed by atoms with E-state index in [1.54, 1.807) is 5.56 Å². The quantitative estimate of drug-likeness (QED) is 0.159. The second kappa shape index (κ2) is 10.1. The number of anilines is 4. The Bertz CT molecular complexity index is 2480. The maximum atomic E-state index is 2.90. The summed E-state index contributed by atoms with van der Waals surface area (Å²) < 4.78 is 2.72. The molecule has 3 aliphatic heterocycles. The van der Waals surface area contributed by atoms with Gasteiger partial charge in [-0.25, -0.2) is 0 Å². The summed E-state index contributed by atoms with van der Waals surface area (Å²) in [5, 5.41) is 2.75. The van der Waals surface area contributed by atoms with Crippen LogP contribution in [0.15, 0.2) is 84.9 Å². The summed E-state index contributed by atoms with van der Waals surface area (Å²) in [5.41, 5.74) is 17.2. The number of hydrogen-bond acceptors (Lipinski definition) is 3. The van der Waals surface area contributed by atoms with Gasteiger partial charge in [0.05, 0.1) is 5.54 Å². The average molecular weight is 685 g/mol. The van der Waals surface area contributed by atoms with Crippen LogP contribution >= 0.6 is 11.3 Å². The van der Waals surface area contributed by atoms with E-state index in [0.717, 1.165) is 0 Å². The number of nitrogens with zero attached hydrogens (tertiary/aromatic N) is 2. The van der Waals surface area contributed by atoms with E-state index in [-0.39, 0.29) is 28.6 Å². The molecule has 0 N–H and O–H groups in total. The number of para-hydroxylation sites is 1. The number of aryl methyl sites for hydroxylation is 1. The third kappa shape index (κ3) is 4.01. The molecule has 2 atom stereocenters. The van der Waals surface area contributed by atoms with Gasteiger partial charge in [-0.3, -0.25) is 0 Å². The highest BCUT2D eigenvalue weighted by Crippen LogP contribution is 2.63. The molecule has 6 aromatic rings. The van der Waals surface area contributed by atoms with Gasteiger partial charge in [0.1, 0.15) is 0 Å². The first-order valence-electron chi connectivity index (χ1n) is 19.2. The van der Waals surface area contributed by atoms with Gasteiger partial charge in [0.15, 0.2) is 0 Å². The predicted molar refractivity (Wildman–Crippen MR) is 223 cm³/mol. The summed E-state index contributed by atoms with van der Waals surface area (Å²) in [7, 11) is 0. The molecule has 0 spiro atoms. The molecule has 256 valence electrons. The van der Waals surface area contributed by atoms with Crippen molar-refractivity contribution in [2.75, 3.05) is 9.71 Å². The summed E-state index contributed by atoms with van der Waals surface area (Å²) >= 11 is 1.93. The van der Waals surface area contributed by atoms with Crippen LogP contribution in [0.25, 0.3) is 31.3 Å². The number of benzene rings is 5. The molecule has 1 saturated carbocycles. The lowest BCUT2D eigenvalue weighted by Gasteiger charge is -2.53. The second-order valence-corrected chi connectivity index (χ2v) is 19.6. The fraction of sp³-hybridized carbons (Fsp3) is 0.362. The maximum Gasteiger partial charge on any atom is 0.333 e. The fourth-order valence-corrected chi connectivity index (χ4v) is 11.7. The standard InChI is InChI=1S/C47H49BN2S/c1-28-16-10-12-18-36(28)50-42-31(20-21-39-40(42)32-17-11-13-19-38(32)51-39)33-24-29(44(2,3)4)27-37-41(33)48(50)35-26-30(45(5,6)7)25-34-43(35)49(37)47(9)23-15-14-22-46(34,47)8/h10-13,16-21,24-27H,14-15,22-23H2,1-9H3. The molecule has 51 heavy (non-hydrogen) atoms. The van der Waals surface area contributed by atoms with Crippen LogP contribution in [0, 0.1) is 6.92 Å². The largest absolute Gasteiger partial charge is 0.376 e. The molecule has 1 aromatic heterocycles. The lowest BCUT2D eigenvalue weighted by atomic mass is 9.42. The minimum atomic E-state index is -0.00459. The van der Waals surface area contributed by atoms with Gasteiger partial charge < -0.3 is 9.71 Å². The summed E-state index contributed by atoms with van der Waals surface area (Å²) in [6.07, 6.45) is 5.02. The van der Waals surface area contributed by atoms with Crippen LogP contribution < -0.4 is 20.6 Å². The minimum absolute atomic E-state index is 0.00319. The minimum Gasteiger partial charge on any atom is -0.376 e. The molecule has 4 heterocycles. The molecule has 2 unspecified atom stereocenters. The first-order chi connectivity index (χ1) is 24.2. The molecule has 0 amide bonds. The van der Waals surface area contributed by atoms with Gasteiger partial charge in [-0.1, -0.05) is 122 Å². The molecule has 1 aliphatic carbocycles. The second-order valence-electron chi connectivity index (χ2n) is 18.6. The lowest BCUT2D eigenvalue weighted by Crippen LogP contribution is -2.65. The Hall–Kier alpha value is -4.02. The molecule has 2 nitrogen and oxygen atoms in total. The zero-order chi connectivity index (χ0) is 35.4. The van der Waals surface area contributed by atoms with Crippen LogP contribution in [0.4, 0.5) is 22.7 Å². The monoisotopic (exact) mass is 684 g/mol. The van der Waals surface area contributed by atoms with Crippen molar-refractivity contribution in [1.29, 1.82) is 0 Å². The van der Waals surface area contributed by atoms with Crippen LogP contribution in [0.1, 0.15) is 103 Å². The highest BCUT2D eigenvalue weighted by Gasteiger charge is 2.62. The summed E-state index contributed by atoms with van der Waals surface area (Å²) in [6.45, 7) is 22.0. The highest BCUT2D eigenvalue weighted by atomic mass is 32.1. The van der Waals surface area contributed by atoms with Crippen molar-refractivity contribution in [2.45, 2.75) is 110 Å². The van der Waals surface area contributed by atoms with E-state index in [2.05, 4.69) is 157 Å². The van der Waals surface area contributed by atoms with Crippen LogP contribution in [0.2, 0.25) is 0 Å². The van der Waals surface area contributed by atoms with Crippen molar-refractivity contribution in [1.82, 2.24) is 0 Å². The zero-order valence-electron chi connectivity index (χ0n) is 31.8. The Labute approximate surface area is 308 Å². The number of fused-ring (bicyclic) bond motifs is 11. The fourth-order valence-electron chi connectivity index (χ4n) is 10.6. The molecule has 4 heteroatoms. The van der Waals surface area contributed by atoms with Crippen LogP contribution in [0.3, 0.4) is 0 Å². The van der Waals surface area contributed by atoms with Crippen molar-refractivity contribution in [3.8, 4) is 11.1 Å². The summed E-state index contributed by atoms with van der Waals surface area (Å²) in [6, 6.07) is 33.5. The Kier molecular flexibility index (Phi) is 6.28. The van der Waals surface area contributed by atoms with Crippen molar-refractivity contribution in [3.05, 3.63) is 107 Å². The maximum absolute atomic E-state index is 2.90. The predicted octanol–water partition coefficient (Wildman–Crippen LogP) is 11.9. The summed E-state index contributed by atoms with van der Waals surface area (Å²) in [4.78, 5) is 5.69. The molecule has 0 bridgehead atoms. The van der Waals surface area contributed by atoms with Gasteiger partial charge in [0.25, 0.3) is 0 Å². The lowest BCUT2D eigenvalue weighted by molar-refractivity contribution is 0.195. The third-order valence-corrected chi connectivity index (χ3v) is 14.7. The smallest absolute Gasteiger partial charge is 0.333 e. The van der Waals surface area contributed by atoms with Gasteiger partial charge in [-0.2, -0.15) is 0 Å². The normalized spacial score (nSPS) is 21.9. The zero-order valence-corrected chi connectivity index (χ0v) is 32.6. The molecular formula is C47H49BN2S. The Balaban J connectivity index is 1.44. The third-order valence-electron chi connectivity index (χ3n) is 13.6. The van der Waals surface area contributed by atoms with E-state index < -0.39 is 0 Å². The SMILES string of the molecule is Cc1ccccc1N1B2c3cc(C(C)(C)C)cc4c3N(c3cc(C(C)(C)C)cc(c32)-c2ccc3sc5ccccc5c3c21)C1(C)CCCCC41C. The van der Waals surface area contributed by atoms with Gasteiger partial charge in [-0.15, -0.1) is 11.3 Å². The van der Waals surface area contributed by atoms with Crippen molar-refractivity contribution in [2.24, 2.45) is 0 Å². The molecule has 5 aromatic carbocycles. The van der Waals surface area contributed by atoms with E-state index >= 15 is 0 Å². The molecule has 0 saturated heterocycles. The number of rotatable bonds is 1.